The molecule has 0 aromatic heterocycles. The van der Waals surface area contributed by atoms with Gasteiger partial charge in [-0.05, 0) is 45.7 Å². The molecule has 1 heterocycles. The average Bonchev–Trinajstić information content (AvgIpc) is 3.15. The van der Waals surface area contributed by atoms with E-state index in [4.69, 9.17) is 4.74 Å². The molecule has 0 bridgehead atoms. The maximum atomic E-state index is 5.65. The van der Waals surface area contributed by atoms with E-state index in [9.17, 15) is 0 Å². The van der Waals surface area contributed by atoms with Gasteiger partial charge in [0.15, 0.2) is 0 Å². The van der Waals surface area contributed by atoms with Crippen molar-refractivity contribution < 1.29 is 4.74 Å². The van der Waals surface area contributed by atoms with Crippen LogP contribution in [0.4, 0.5) is 0 Å². The zero-order valence-corrected chi connectivity index (χ0v) is 11.6. The molecule has 3 unspecified atom stereocenters. The summed E-state index contributed by atoms with van der Waals surface area (Å²) in [5, 5.41) is 3.62. The van der Waals surface area contributed by atoms with Gasteiger partial charge in [-0.25, -0.2) is 0 Å². The van der Waals surface area contributed by atoms with Crippen molar-refractivity contribution in [3.8, 4) is 0 Å². The highest BCUT2D eigenvalue weighted by Gasteiger charge is 2.33. The first-order valence-corrected chi connectivity index (χ1v) is 7.23. The quantitative estimate of drug-likeness (QED) is 0.765. The van der Waals surface area contributed by atoms with Crippen molar-refractivity contribution >= 4 is 0 Å². The van der Waals surface area contributed by atoms with E-state index in [-0.39, 0.29) is 0 Å². The Hall–Kier alpha value is -0.120. The average molecular weight is 240 g/mol. The van der Waals surface area contributed by atoms with Crippen molar-refractivity contribution in [2.45, 2.75) is 45.2 Å². The summed E-state index contributed by atoms with van der Waals surface area (Å²) in [5.41, 5.74) is 0. The molecule has 17 heavy (non-hydrogen) atoms. The third kappa shape index (κ3) is 3.67. The molecule has 3 heteroatoms. The topological polar surface area (TPSA) is 24.5 Å². The Balaban J connectivity index is 1.81. The molecule has 0 amide bonds. The maximum absolute atomic E-state index is 5.65. The molecule has 0 radical (unpaired) electrons. The van der Waals surface area contributed by atoms with Crippen LogP contribution in [-0.2, 0) is 4.74 Å². The lowest BCUT2D eigenvalue weighted by Gasteiger charge is -2.36. The predicted octanol–water partition coefficient (Wildman–Crippen LogP) is 1.73. The van der Waals surface area contributed by atoms with Crippen LogP contribution in [0.5, 0.6) is 0 Å². The number of hydrogen-bond donors (Lipinski definition) is 1. The van der Waals surface area contributed by atoms with Gasteiger partial charge in [-0.15, -0.1) is 0 Å². The molecule has 1 N–H and O–H groups in total. The monoisotopic (exact) mass is 240 g/mol. The number of nitrogens with one attached hydrogen (secondary N) is 1. The first kappa shape index (κ1) is 13.3. The molecule has 1 saturated carbocycles. The first-order chi connectivity index (χ1) is 8.22. The van der Waals surface area contributed by atoms with Gasteiger partial charge in [0.05, 0.1) is 6.61 Å². The summed E-state index contributed by atoms with van der Waals surface area (Å²) in [5.74, 6) is 1.62. The first-order valence-electron chi connectivity index (χ1n) is 7.23. The Labute approximate surface area is 106 Å². The van der Waals surface area contributed by atoms with E-state index in [1.165, 1.54) is 25.8 Å². The zero-order chi connectivity index (χ0) is 12.3. The molecule has 3 nitrogen and oxygen atoms in total. The summed E-state index contributed by atoms with van der Waals surface area (Å²) in [4.78, 5) is 2.54. The normalized spacial score (nSPS) is 31.8. The summed E-state index contributed by atoms with van der Waals surface area (Å²) < 4.78 is 5.65. The van der Waals surface area contributed by atoms with Gasteiger partial charge >= 0.3 is 0 Å². The molecular formula is C14H28N2O. The summed E-state index contributed by atoms with van der Waals surface area (Å²) in [6.07, 6.45) is 4.04. The van der Waals surface area contributed by atoms with Crippen LogP contribution in [-0.4, -0.2) is 50.3 Å². The standard InChI is InChI=1S/C14H28N2O/c1-4-15-14-7-8-17-10-13(14)9-16(3)11(2)12-5-6-12/h11-15H,4-10H2,1-3H3. The second-order valence-electron chi connectivity index (χ2n) is 5.81. The molecule has 100 valence electrons. The fraction of sp³-hybridized carbons (Fsp3) is 1.00. The smallest absolute Gasteiger partial charge is 0.0521 e. The van der Waals surface area contributed by atoms with Crippen molar-refractivity contribution in [1.82, 2.24) is 10.2 Å². The highest BCUT2D eigenvalue weighted by Crippen LogP contribution is 2.35. The van der Waals surface area contributed by atoms with E-state index >= 15 is 0 Å². The number of ether oxygens (including phenoxy) is 1. The van der Waals surface area contributed by atoms with Crippen molar-refractivity contribution in [2.75, 3.05) is 33.4 Å². The van der Waals surface area contributed by atoms with Crippen LogP contribution in [0.15, 0.2) is 0 Å². The van der Waals surface area contributed by atoms with Crippen molar-refractivity contribution in [3.63, 3.8) is 0 Å². The Morgan fingerprint density at radius 1 is 1.35 bits per heavy atom. The van der Waals surface area contributed by atoms with Crippen molar-refractivity contribution in [1.29, 1.82) is 0 Å². The molecule has 0 spiro atoms. The van der Waals surface area contributed by atoms with Crippen LogP contribution < -0.4 is 5.32 Å². The third-order valence-corrected chi connectivity index (χ3v) is 4.46. The molecule has 2 fully saturated rings. The van der Waals surface area contributed by atoms with Crippen molar-refractivity contribution in [2.24, 2.45) is 11.8 Å². The lowest BCUT2D eigenvalue weighted by atomic mass is 9.94. The van der Waals surface area contributed by atoms with Gasteiger partial charge in [-0.1, -0.05) is 6.92 Å². The van der Waals surface area contributed by atoms with Crippen LogP contribution in [0.1, 0.15) is 33.1 Å². The molecule has 0 aromatic carbocycles. The molecule has 2 aliphatic rings. The van der Waals surface area contributed by atoms with E-state index < -0.39 is 0 Å². The minimum Gasteiger partial charge on any atom is -0.381 e. The summed E-state index contributed by atoms with van der Waals surface area (Å²) in [6.45, 7) is 8.68. The van der Waals surface area contributed by atoms with Crippen LogP contribution in [0.2, 0.25) is 0 Å². The molecule has 0 aromatic rings. The molecule has 1 aliphatic carbocycles. The van der Waals surface area contributed by atoms with E-state index in [1.807, 2.05) is 0 Å². The third-order valence-electron chi connectivity index (χ3n) is 4.46. The second-order valence-corrected chi connectivity index (χ2v) is 5.81. The number of hydrogen-bond acceptors (Lipinski definition) is 3. The minimum atomic E-state index is 0.655. The van der Waals surface area contributed by atoms with Gasteiger partial charge in [-0.3, -0.25) is 0 Å². The van der Waals surface area contributed by atoms with E-state index in [0.717, 1.165) is 31.7 Å². The van der Waals surface area contributed by atoms with Gasteiger partial charge in [0.1, 0.15) is 0 Å². The lowest BCUT2D eigenvalue weighted by Crippen LogP contribution is -2.48. The van der Waals surface area contributed by atoms with E-state index in [0.29, 0.717) is 12.0 Å². The van der Waals surface area contributed by atoms with E-state index in [1.54, 1.807) is 0 Å². The fourth-order valence-electron chi connectivity index (χ4n) is 2.98. The van der Waals surface area contributed by atoms with E-state index in [2.05, 4.69) is 31.1 Å². The maximum Gasteiger partial charge on any atom is 0.0521 e. The Morgan fingerprint density at radius 2 is 2.12 bits per heavy atom. The molecule has 1 aliphatic heterocycles. The van der Waals surface area contributed by atoms with Gasteiger partial charge < -0.3 is 15.0 Å². The zero-order valence-electron chi connectivity index (χ0n) is 11.6. The molecule has 3 atom stereocenters. The van der Waals surface area contributed by atoms with Gasteiger partial charge in [0.25, 0.3) is 0 Å². The summed E-state index contributed by atoms with van der Waals surface area (Å²) >= 11 is 0. The van der Waals surface area contributed by atoms with Crippen LogP contribution >= 0.6 is 0 Å². The highest BCUT2D eigenvalue weighted by atomic mass is 16.5. The summed E-state index contributed by atoms with van der Waals surface area (Å²) in [7, 11) is 2.28. The van der Waals surface area contributed by atoms with Gasteiger partial charge in [0.2, 0.25) is 0 Å². The van der Waals surface area contributed by atoms with Crippen LogP contribution in [0.3, 0.4) is 0 Å². The molecule has 1 saturated heterocycles. The Morgan fingerprint density at radius 3 is 2.76 bits per heavy atom. The van der Waals surface area contributed by atoms with Gasteiger partial charge in [0, 0.05) is 31.2 Å². The van der Waals surface area contributed by atoms with Crippen LogP contribution in [0.25, 0.3) is 0 Å². The Kier molecular flexibility index (Phi) is 4.83. The minimum absolute atomic E-state index is 0.655. The van der Waals surface area contributed by atoms with Crippen LogP contribution in [0, 0.1) is 11.8 Å². The molecular weight excluding hydrogens is 212 g/mol. The van der Waals surface area contributed by atoms with Gasteiger partial charge in [-0.2, -0.15) is 0 Å². The predicted molar refractivity (Wildman–Crippen MR) is 71.2 cm³/mol. The number of nitrogens with zero attached hydrogens (tertiary/aromatic N) is 1. The number of rotatable bonds is 6. The SMILES string of the molecule is CCNC1CCOCC1CN(C)C(C)C1CC1. The summed E-state index contributed by atoms with van der Waals surface area (Å²) in [6, 6.07) is 1.40. The second kappa shape index (κ2) is 6.17. The molecule has 2 rings (SSSR count). The van der Waals surface area contributed by atoms with Crippen molar-refractivity contribution in [3.05, 3.63) is 0 Å². The fourth-order valence-corrected chi connectivity index (χ4v) is 2.98. The Bertz CT molecular complexity index is 228. The largest absolute Gasteiger partial charge is 0.381 e. The highest BCUT2D eigenvalue weighted by molar-refractivity contribution is 4.87. The lowest BCUT2D eigenvalue weighted by molar-refractivity contribution is 0.0147.